The van der Waals surface area contributed by atoms with Crippen LogP contribution in [0.15, 0.2) is 18.5 Å². The van der Waals surface area contributed by atoms with Crippen LogP contribution in [-0.2, 0) is 24.2 Å². The number of pyridine rings is 1. The van der Waals surface area contributed by atoms with E-state index in [0.29, 0.717) is 18.7 Å². The van der Waals surface area contributed by atoms with Gasteiger partial charge in [0.25, 0.3) is 5.97 Å². The Balaban J connectivity index is 0.000000628. The van der Waals surface area contributed by atoms with Gasteiger partial charge in [0.05, 0.1) is 18.3 Å². The number of aliphatic carboxylic acids is 1. The number of nitrogens with zero attached hydrogens (tertiary/aromatic N) is 4. The largest absolute Gasteiger partial charge is 0.481 e. The molecule has 10 heteroatoms. The SMILES string of the molecule is CC(=O)O.NC1CCN(CC(O)Cn2nc3c(c2C(=O)O)CCc2cnccc2-3)CC1. The van der Waals surface area contributed by atoms with Gasteiger partial charge in [-0.3, -0.25) is 14.5 Å². The smallest absolute Gasteiger partial charge is 0.354 e. The first kappa shape index (κ1) is 22.9. The fourth-order valence-electron chi connectivity index (χ4n) is 4.13. The number of aryl methyl sites for hydroxylation is 1. The third-order valence-electron chi connectivity index (χ3n) is 5.54. The third kappa shape index (κ3) is 5.66. The van der Waals surface area contributed by atoms with E-state index in [2.05, 4.69) is 15.0 Å². The maximum atomic E-state index is 11.9. The number of rotatable bonds is 5. The molecule has 1 aliphatic heterocycles. The molecule has 1 atom stereocenters. The van der Waals surface area contributed by atoms with Crippen molar-refractivity contribution in [2.75, 3.05) is 19.6 Å². The quantitative estimate of drug-likeness (QED) is 0.533. The van der Waals surface area contributed by atoms with E-state index in [1.54, 1.807) is 6.20 Å². The molecule has 0 amide bonds. The number of hydrogen-bond donors (Lipinski definition) is 4. The summed E-state index contributed by atoms with van der Waals surface area (Å²) in [6, 6.07) is 2.12. The lowest BCUT2D eigenvalue weighted by Gasteiger charge is -2.31. The number of aliphatic hydroxyl groups excluding tert-OH is 1. The first-order chi connectivity index (χ1) is 14.8. The molecular weight excluding hydrogens is 402 g/mol. The number of carbonyl (C=O) groups is 2. The van der Waals surface area contributed by atoms with E-state index in [-0.39, 0.29) is 18.3 Å². The van der Waals surface area contributed by atoms with Gasteiger partial charge in [-0.1, -0.05) is 0 Å². The Labute approximate surface area is 180 Å². The van der Waals surface area contributed by atoms with Crippen molar-refractivity contribution in [2.45, 2.75) is 51.3 Å². The van der Waals surface area contributed by atoms with Gasteiger partial charge in [-0.2, -0.15) is 5.10 Å². The lowest BCUT2D eigenvalue weighted by Crippen LogP contribution is -2.43. The topological polar surface area (TPSA) is 155 Å². The van der Waals surface area contributed by atoms with Gasteiger partial charge >= 0.3 is 5.97 Å². The average molecular weight is 431 g/mol. The Morgan fingerprint density at radius 3 is 2.55 bits per heavy atom. The highest BCUT2D eigenvalue weighted by molar-refractivity contribution is 5.90. The molecule has 0 radical (unpaired) electrons. The molecule has 0 bridgehead atoms. The molecule has 2 aliphatic rings. The normalized spacial score (nSPS) is 17.1. The maximum absolute atomic E-state index is 11.9. The van der Waals surface area contributed by atoms with Gasteiger partial charge < -0.3 is 26.0 Å². The fourth-order valence-corrected chi connectivity index (χ4v) is 4.13. The average Bonchev–Trinajstić information content (AvgIpc) is 3.07. The van der Waals surface area contributed by atoms with Gasteiger partial charge in [0, 0.05) is 43.0 Å². The van der Waals surface area contributed by atoms with Crippen LogP contribution in [0.2, 0.25) is 0 Å². The number of carboxylic acids is 2. The Morgan fingerprint density at radius 1 is 1.23 bits per heavy atom. The fraction of sp³-hybridized carbons (Fsp3) is 0.524. The number of aliphatic hydroxyl groups is 1. The zero-order chi connectivity index (χ0) is 22.5. The van der Waals surface area contributed by atoms with Crippen LogP contribution in [-0.4, -0.2) is 78.7 Å². The lowest BCUT2D eigenvalue weighted by atomic mass is 9.90. The molecule has 10 nitrogen and oxygen atoms in total. The number of aromatic nitrogens is 3. The van der Waals surface area contributed by atoms with Gasteiger partial charge in [0.2, 0.25) is 0 Å². The second-order valence-electron chi connectivity index (χ2n) is 8.01. The number of hydrogen-bond acceptors (Lipinski definition) is 7. The number of piperidine rings is 1. The van der Waals surface area contributed by atoms with Gasteiger partial charge in [-0.15, -0.1) is 0 Å². The van der Waals surface area contributed by atoms with Crippen LogP contribution in [0.25, 0.3) is 11.3 Å². The molecule has 1 fully saturated rings. The summed E-state index contributed by atoms with van der Waals surface area (Å²) in [5, 5.41) is 32.3. The van der Waals surface area contributed by atoms with Crippen molar-refractivity contribution in [2.24, 2.45) is 5.73 Å². The first-order valence-electron chi connectivity index (χ1n) is 10.4. The third-order valence-corrected chi connectivity index (χ3v) is 5.54. The number of carboxylic acid groups (broad SMARTS) is 2. The molecule has 2 aromatic heterocycles. The summed E-state index contributed by atoms with van der Waals surface area (Å²) >= 11 is 0. The second kappa shape index (κ2) is 9.99. The number of β-amino-alcohol motifs (C(OH)–C–C–N with tert-alkyl or cyclic N) is 1. The van der Waals surface area contributed by atoms with E-state index in [0.717, 1.165) is 56.0 Å². The summed E-state index contributed by atoms with van der Waals surface area (Å²) in [4.78, 5) is 27.2. The number of aromatic carboxylic acids is 1. The van der Waals surface area contributed by atoms with E-state index >= 15 is 0 Å². The van der Waals surface area contributed by atoms with Crippen LogP contribution in [0.1, 0.15) is 41.4 Å². The summed E-state index contributed by atoms with van der Waals surface area (Å²) < 4.78 is 1.46. The van der Waals surface area contributed by atoms with Gasteiger partial charge in [0.1, 0.15) is 5.69 Å². The van der Waals surface area contributed by atoms with Gasteiger partial charge in [-0.05, 0) is 50.4 Å². The summed E-state index contributed by atoms with van der Waals surface area (Å²) in [5.74, 6) is -1.84. The number of nitrogens with two attached hydrogens (primary N) is 1. The molecule has 0 saturated carbocycles. The summed E-state index contributed by atoms with van der Waals surface area (Å²) in [6.07, 6.45) is 6.05. The monoisotopic (exact) mass is 431 g/mol. The van der Waals surface area contributed by atoms with E-state index in [9.17, 15) is 15.0 Å². The van der Waals surface area contributed by atoms with Crippen molar-refractivity contribution in [1.29, 1.82) is 0 Å². The van der Waals surface area contributed by atoms with E-state index in [1.807, 2.05) is 12.3 Å². The molecule has 31 heavy (non-hydrogen) atoms. The molecule has 1 saturated heterocycles. The van der Waals surface area contributed by atoms with Gasteiger partial charge in [0.15, 0.2) is 0 Å². The van der Waals surface area contributed by atoms with Crippen molar-refractivity contribution < 1.29 is 24.9 Å². The molecular formula is C21H29N5O5. The van der Waals surface area contributed by atoms with Crippen LogP contribution < -0.4 is 5.73 Å². The molecule has 0 aromatic carbocycles. The van der Waals surface area contributed by atoms with Crippen molar-refractivity contribution in [3.8, 4) is 11.3 Å². The highest BCUT2D eigenvalue weighted by Gasteiger charge is 2.29. The van der Waals surface area contributed by atoms with E-state index in [1.165, 1.54) is 4.68 Å². The predicted octanol–water partition coefficient (Wildman–Crippen LogP) is 0.617. The lowest BCUT2D eigenvalue weighted by molar-refractivity contribution is -0.134. The molecule has 1 unspecified atom stereocenters. The number of fused-ring (bicyclic) bond motifs is 3. The molecule has 3 heterocycles. The Hall–Kier alpha value is -2.82. The standard InChI is InChI=1S/C19H25N5O3.C2H4O2/c20-13-4-7-23(8-5-13)10-14(25)11-24-18(19(26)27)16-2-1-12-9-21-6-3-15(12)17(16)22-24;1-2(3)4/h3,6,9,13-14,25H,1-2,4-5,7-8,10-11,20H2,(H,26,27);1H3,(H,3,4). The highest BCUT2D eigenvalue weighted by atomic mass is 16.4. The van der Waals surface area contributed by atoms with E-state index in [4.69, 9.17) is 15.6 Å². The van der Waals surface area contributed by atoms with Crippen molar-refractivity contribution in [3.63, 3.8) is 0 Å². The minimum atomic E-state index is -1.00. The Kier molecular flexibility index (Phi) is 7.37. The van der Waals surface area contributed by atoms with Crippen LogP contribution in [0, 0.1) is 0 Å². The van der Waals surface area contributed by atoms with Crippen LogP contribution in [0.4, 0.5) is 0 Å². The Bertz CT molecular complexity index is 932. The highest BCUT2D eigenvalue weighted by Crippen LogP contribution is 2.34. The molecule has 5 N–H and O–H groups in total. The van der Waals surface area contributed by atoms with Crippen LogP contribution >= 0.6 is 0 Å². The second-order valence-corrected chi connectivity index (χ2v) is 8.01. The predicted molar refractivity (Wildman–Crippen MR) is 113 cm³/mol. The van der Waals surface area contributed by atoms with E-state index < -0.39 is 18.0 Å². The van der Waals surface area contributed by atoms with Crippen molar-refractivity contribution in [3.05, 3.63) is 35.3 Å². The summed E-state index contributed by atoms with van der Waals surface area (Å²) in [6.45, 7) is 3.47. The summed E-state index contributed by atoms with van der Waals surface area (Å²) in [7, 11) is 0. The molecule has 4 rings (SSSR count). The molecule has 0 spiro atoms. The van der Waals surface area contributed by atoms with Gasteiger partial charge in [-0.25, -0.2) is 4.79 Å². The zero-order valence-corrected chi connectivity index (χ0v) is 17.6. The minimum Gasteiger partial charge on any atom is -0.481 e. The van der Waals surface area contributed by atoms with Crippen LogP contribution in [0.5, 0.6) is 0 Å². The zero-order valence-electron chi connectivity index (χ0n) is 17.6. The Morgan fingerprint density at radius 2 is 1.90 bits per heavy atom. The number of likely N-dealkylation sites (tertiary alicyclic amines) is 1. The maximum Gasteiger partial charge on any atom is 0.354 e. The molecule has 168 valence electrons. The molecule has 1 aliphatic carbocycles. The van der Waals surface area contributed by atoms with Crippen molar-refractivity contribution >= 4 is 11.9 Å². The first-order valence-corrected chi connectivity index (χ1v) is 10.4. The van der Waals surface area contributed by atoms with Crippen molar-refractivity contribution in [1.82, 2.24) is 19.7 Å². The minimum absolute atomic E-state index is 0.164. The molecule has 2 aromatic rings. The summed E-state index contributed by atoms with van der Waals surface area (Å²) in [5.41, 5.74) is 9.58. The van der Waals surface area contributed by atoms with Crippen LogP contribution in [0.3, 0.4) is 0 Å².